The number of β-amino-alcohol motifs (C(OH)–C–C–N with tert-alkyl or cyclic N) is 1. The number of hydrogen-bond acceptors (Lipinski definition) is 8. The molecule has 1 aliphatic rings. The van der Waals surface area contributed by atoms with Gasteiger partial charge in [-0.1, -0.05) is 36.4 Å². The minimum atomic E-state index is -0.838. The quantitative estimate of drug-likeness (QED) is 0.211. The molecule has 0 bridgehead atoms. The number of oxazole rings is 1. The molecule has 1 aliphatic heterocycles. The molecular formula is C35H41N5O5. The van der Waals surface area contributed by atoms with Crippen LogP contribution in [0, 0.1) is 6.92 Å². The number of para-hydroxylation sites is 3. The van der Waals surface area contributed by atoms with Crippen LogP contribution in [0.3, 0.4) is 0 Å². The smallest absolute Gasteiger partial charge is 0.305 e. The van der Waals surface area contributed by atoms with Gasteiger partial charge >= 0.3 is 6.01 Å². The molecule has 4 aromatic rings. The van der Waals surface area contributed by atoms with Gasteiger partial charge in [-0.05, 0) is 82.9 Å². The van der Waals surface area contributed by atoms with Crippen LogP contribution in [0.2, 0.25) is 0 Å². The number of nitrogens with zero attached hydrogens (tertiary/aromatic N) is 3. The van der Waals surface area contributed by atoms with E-state index in [1.54, 1.807) is 31.2 Å². The van der Waals surface area contributed by atoms with Crippen LogP contribution in [0.15, 0.2) is 65.1 Å². The minimum Gasteiger partial charge on any atom is -0.423 e. The molecule has 0 radical (unpaired) electrons. The van der Waals surface area contributed by atoms with Crippen molar-refractivity contribution in [3.05, 3.63) is 82.9 Å². The number of anilines is 3. The normalized spacial score (nSPS) is 15.9. The number of nitrogens with one attached hydrogen (secondary N) is 1. The maximum Gasteiger partial charge on any atom is 0.305 e. The van der Waals surface area contributed by atoms with E-state index >= 15 is 0 Å². The number of carbonyl (C=O) groups excluding carboxylic acids is 3. The number of hydrogen-bond donors (Lipinski definition) is 3. The van der Waals surface area contributed by atoms with Gasteiger partial charge in [0.15, 0.2) is 11.4 Å². The number of benzene rings is 3. The topological polar surface area (TPSA) is 142 Å². The molecule has 5 rings (SSSR count). The van der Waals surface area contributed by atoms with Gasteiger partial charge in [-0.3, -0.25) is 24.2 Å². The molecule has 0 aliphatic carbocycles. The molecule has 0 spiro atoms. The predicted octanol–water partition coefficient (Wildman–Crippen LogP) is 5.06. The van der Waals surface area contributed by atoms with Gasteiger partial charge < -0.3 is 20.6 Å². The number of amides is 2. The second-order valence-electron chi connectivity index (χ2n) is 12.3. The van der Waals surface area contributed by atoms with Gasteiger partial charge in [0, 0.05) is 30.6 Å². The molecule has 45 heavy (non-hydrogen) atoms. The van der Waals surface area contributed by atoms with E-state index in [1.165, 1.54) is 9.80 Å². The van der Waals surface area contributed by atoms with Crippen LogP contribution in [-0.2, 0) is 11.2 Å². The molecular weight excluding hydrogens is 570 g/mol. The Labute approximate surface area is 263 Å². The highest BCUT2D eigenvalue weighted by Crippen LogP contribution is 2.39. The van der Waals surface area contributed by atoms with Gasteiger partial charge in [0.05, 0.1) is 29.1 Å². The van der Waals surface area contributed by atoms with Crippen molar-refractivity contribution in [3.8, 4) is 0 Å². The number of Topliss-reactive ketones (excluding diaryl/α,β-unsaturated/α-hetero) is 1. The Morgan fingerprint density at radius 2 is 1.84 bits per heavy atom. The van der Waals surface area contributed by atoms with Crippen molar-refractivity contribution >= 4 is 46.1 Å². The lowest BCUT2D eigenvalue weighted by Crippen LogP contribution is -2.45. The van der Waals surface area contributed by atoms with Gasteiger partial charge in [0.2, 0.25) is 5.91 Å². The van der Waals surface area contributed by atoms with Crippen LogP contribution in [0.4, 0.5) is 17.4 Å². The van der Waals surface area contributed by atoms with Crippen LogP contribution >= 0.6 is 0 Å². The number of aliphatic hydroxyl groups excluding tert-OH is 1. The Morgan fingerprint density at radius 3 is 2.56 bits per heavy atom. The summed E-state index contributed by atoms with van der Waals surface area (Å²) in [5.74, 6) is -1.14. The monoisotopic (exact) mass is 611 g/mol. The number of fused-ring (bicyclic) bond motifs is 2. The van der Waals surface area contributed by atoms with Crippen LogP contribution < -0.4 is 20.9 Å². The Bertz CT molecular complexity index is 1740. The molecule has 236 valence electrons. The zero-order chi connectivity index (χ0) is 32.5. The van der Waals surface area contributed by atoms with E-state index in [2.05, 4.69) is 10.3 Å². The summed E-state index contributed by atoms with van der Waals surface area (Å²) in [4.78, 5) is 50.3. The SMILES string of the molecule is CCN(C(=O)c1cccc(C(=O)CC(C)(C)NC[C@@H](C)O)c1N1C(=O)C(N)CCc2ccccc21)c1nc2c(C)cccc2o1. The average molecular weight is 612 g/mol. The van der Waals surface area contributed by atoms with E-state index in [-0.39, 0.29) is 41.6 Å². The summed E-state index contributed by atoms with van der Waals surface area (Å²) in [6.07, 6.45) is 0.436. The molecule has 2 heterocycles. The first-order valence-electron chi connectivity index (χ1n) is 15.4. The molecule has 0 saturated heterocycles. The summed E-state index contributed by atoms with van der Waals surface area (Å²) >= 11 is 0. The number of nitrogens with two attached hydrogens (primary N) is 1. The van der Waals surface area contributed by atoms with Crippen molar-refractivity contribution in [1.82, 2.24) is 10.3 Å². The van der Waals surface area contributed by atoms with Gasteiger partial charge in [-0.25, -0.2) is 0 Å². The number of aliphatic hydroxyl groups is 1. The van der Waals surface area contributed by atoms with Crippen molar-refractivity contribution in [2.75, 3.05) is 22.9 Å². The maximum absolute atomic E-state index is 14.5. The number of rotatable bonds is 10. The molecule has 3 aromatic carbocycles. The molecule has 1 unspecified atom stereocenters. The summed E-state index contributed by atoms with van der Waals surface area (Å²) in [6.45, 7) is 9.67. The third kappa shape index (κ3) is 6.54. The summed E-state index contributed by atoms with van der Waals surface area (Å²) in [5, 5.41) is 13.1. The van der Waals surface area contributed by atoms with Crippen LogP contribution in [0.25, 0.3) is 11.1 Å². The Morgan fingerprint density at radius 1 is 1.13 bits per heavy atom. The van der Waals surface area contributed by atoms with E-state index in [4.69, 9.17) is 10.2 Å². The molecule has 0 saturated carbocycles. The predicted molar refractivity (Wildman–Crippen MR) is 175 cm³/mol. The zero-order valence-electron chi connectivity index (χ0n) is 26.5. The van der Waals surface area contributed by atoms with Gasteiger partial charge in [0.25, 0.3) is 5.91 Å². The van der Waals surface area contributed by atoms with Gasteiger partial charge in [0.1, 0.15) is 5.52 Å². The first kappa shape index (κ1) is 32.0. The van der Waals surface area contributed by atoms with Crippen LogP contribution in [-0.4, -0.2) is 58.5 Å². The first-order valence-corrected chi connectivity index (χ1v) is 15.4. The zero-order valence-corrected chi connectivity index (χ0v) is 26.5. The number of aryl methyl sites for hydroxylation is 2. The summed E-state index contributed by atoms with van der Waals surface area (Å²) < 4.78 is 6.03. The number of aromatic nitrogens is 1. The van der Waals surface area contributed by atoms with E-state index in [1.807, 2.05) is 64.1 Å². The Hall–Kier alpha value is -4.38. The summed E-state index contributed by atoms with van der Waals surface area (Å²) in [5.41, 5.74) is 9.85. The second kappa shape index (κ2) is 12.9. The number of carbonyl (C=O) groups is 3. The summed E-state index contributed by atoms with van der Waals surface area (Å²) in [7, 11) is 0. The molecule has 1 aromatic heterocycles. The molecule has 10 nitrogen and oxygen atoms in total. The van der Waals surface area contributed by atoms with Gasteiger partial charge in [-0.2, -0.15) is 4.98 Å². The van der Waals surface area contributed by atoms with Crippen molar-refractivity contribution in [2.45, 2.75) is 71.6 Å². The average Bonchev–Trinajstić information content (AvgIpc) is 3.40. The molecule has 10 heteroatoms. The minimum absolute atomic E-state index is 0.0436. The van der Waals surface area contributed by atoms with Crippen molar-refractivity contribution in [2.24, 2.45) is 5.73 Å². The van der Waals surface area contributed by atoms with Crippen molar-refractivity contribution < 1.29 is 23.9 Å². The van der Waals surface area contributed by atoms with E-state index in [0.717, 1.165) is 11.1 Å². The second-order valence-corrected chi connectivity index (χ2v) is 12.3. The lowest BCUT2D eigenvalue weighted by molar-refractivity contribution is -0.119. The highest BCUT2D eigenvalue weighted by Gasteiger charge is 2.37. The van der Waals surface area contributed by atoms with Gasteiger partial charge in [-0.15, -0.1) is 0 Å². The third-order valence-electron chi connectivity index (χ3n) is 8.17. The highest BCUT2D eigenvalue weighted by molar-refractivity contribution is 6.19. The third-order valence-corrected chi connectivity index (χ3v) is 8.17. The fraction of sp³-hybridized carbons (Fsp3) is 0.371. The van der Waals surface area contributed by atoms with Crippen LogP contribution in [0.5, 0.6) is 0 Å². The molecule has 2 amide bonds. The maximum atomic E-state index is 14.5. The van der Waals surface area contributed by atoms with Crippen LogP contribution in [0.1, 0.15) is 72.4 Å². The number of ketones is 1. The Kier molecular flexibility index (Phi) is 9.20. The van der Waals surface area contributed by atoms with E-state index in [0.29, 0.717) is 36.2 Å². The standard InChI is InChI=1S/C35H41N5O5/c1-6-39(34-38-30-21(2)11-9-16-29(30)45-34)32(43)25-14-10-13-24(28(42)19-35(4,5)37-20-22(3)41)31(25)40-27-15-8-7-12-23(27)17-18-26(36)33(40)44/h7-16,22,26,37,41H,6,17-20,36H2,1-5H3/t22-,26?/m1/s1. The van der Waals surface area contributed by atoms with E-state index < -0.39 is 29.5 Å². The molecule has 0 fully saturated rings. The first-order chi connectivity index (χ1) is 21.4. The van der Waals surface area contributed by atoms with Crippen molar-refractivity contribution in [3.63, 3.8) is 0 Å². The van der Waals surface area contributed by atoms with Crippen molar-refractivity contribution in [1.29, 1.82) is 0 Å². The largest absolute Gasteiger partial charge is 0.423 e. The van der Waals surface area contributed by atoms with E-state index in [9.17, 15) is 19.5 Å². The lowest BCUT2D eigenvalue weighted by atomic mass is 9.91. The fourth-order valence-electron chi connectivity index (χ4n) is 5.76. The molecule has 4 N–H and O–H groups in total. The fourth-order valence-corrected chi connectivity index (χ4v) is 5.76. The summed E-state index contributed by atoms with van der Waals surface area (Å²) in [6, 6.07) is 17.2. The lowest BCUT2D eigenvalue weighted by Gasteiger charge is -2.31. The Balaban J connectivity index is 1.68. The molecule has 2 atom stereocenters. The highest BCUT2D eigenvalue weighted by atomic mass is 16.4.